The second-order valence-electron chi connectivity index (χ2n) is 23.3. The van der Waals surface area contributed by atoms with E-state index in [4.69, 9.17) is 9.47 Å². The number of rotatable bonds is 58. The number of carbonyl (C=O) groups excluding carboxylic acids is 1. The molecule has 7 atom stereocenters. The van der Waals surface area contributed by atoms with Gasteiger partial charge in [-0.15, -0.1) is 0 Å². The number of nitrogens with one attached hydrogen (secondary N) is 1. The van der Waals surface area contributed by atoms with Crippen molar-refractivity contribution in [3.8, 4) is 0 Å². The lowest BCUT2D eigenvalue weighted by Gasteiger charge is -2.40. The van der Waals surface area contributed by atoms with Crippen molar-refractivity contribution in [2.24, 2.45) is 0 Å². The molecule has 0 aromatic heterocycles. The lowest BCUT2D eigenvalue weighted by Crippen LogP contribution is -2.60. The van der Waals surface area contributed by atoms with Gasteiger partial charge < -0.3 is 40.3 Å². The van der Waals surface area contributed by atoms with Gasteiger partial charge in [0.05, 0.1) is 25.4 Å². The quantitative estimate of drug-likeness (QED) is 0.0261. The molecule has 1 heterocycles. The predicted octanol–water partition coefficient (Wildman–Crippen LogP) is 17.3. The van der Waals surface area contributed by atoms with Gasteiger partial charge in [0.15, 0.2) is 6.29 Å². The fraction of sp³-hybridized carbons (Fsp3) is 0.924. The average molecular weight is 1060 g/mol. The lowest BCUT2D eigenvalue weighted by atomic mass is 9.99. The van der Waals surface area contributed by atoms with Gasteiger partial charge in [0.2, 0.25) is 5.91 Å². The molecule has 75 heavy (non-hydrogen) atoms. The highest BCUT2D eigenvalue weighted by Crippen LogP contribution is 2.23. The third-order valence-electron chi connectivity index (χ3n) is 16.0. The molecular formula is C66H127NO8. The Morgan fingerprint density at radius 3 is 1.12 bits per heavy atom. The number of unbranched alkanes of at least 4 members (excludes halogenated alkanes) is 46. The molecule has 1 saturated heterocycles. The third-order valence-corrected chi connectivity index (χ3v) is 16.0. The van der Waals surface area contributed by atoms with E-state index in [2.05, 4.69) is 31.3 Å². The van der Waals surface area contributed by atoms with Crippen molar-refractivity contribution in [3.05, 3.63) is 24.3 Å². The van der Waals surface area contributed by atoms with Crippen LogP contribution in [0.5, 0.6) is 0 Å². The fourth-order valence-corrected chi connectivity index (χ4v) is 10.8. The molecule has 1 fully saturated rings. The van der Waals surface area contributed by atoms with Crippen LogP contribution < -0.4 is 5.32 Å². The Kier molecular flexibility index (Phi) is 53.5. The minimum absolute atomic E-state index is 0.180. The van der Waals surface area contributed by atoms with E-state index < -0.39 is 49.5 Å². The van der Waals surface area contributed by atoms with Crippen molar-refractivity contribution in [1.82, 2.24) is 5.32 Å². The molecule has 7 unspecified atom stereocenters. The van der Waals surface area contributed by atoms with Crippen LogP contribution in [-0.4, -0.2) is 87.5 Å². The number of allylic oxidation sites excluding steroid dienone is 3. The van der Waals surface area contributed by atoms with E-state index in [9.17, 15) is 30.3 Å². The summed E-state index contributed by atoms with van der Waals surface area (Å²) < 4.78 is 11.3. The Morgan fingerprint density at radius 2 is 0.760 bits per heavy atom. The minimum Gasteiger partial charge on any atom is -0.394 e. The summed E-state index contributed by atoms with van der Waals surface area (Å²) >= 11 is 0. The van der Waals surface area contributed by atoms with Crippen molar-refractivity contribution >= 4 is 5.91 Å². The van der Waals surface area contributed by atoms with Gasteiger partial charge >= 0.3 is 0 Å². The van der Waals surface area contributed by atoms with Crippen molar-refractivity contribution < 1.29 is 39.8 Å². The molecule has 1 rings (SSSR count). The van der Waals surface area contributed by atoms with Crippen LogP contribution in [0.3, 0.4) is 0 Å². The zero-order valence-corrected chi connectivity index (χ0v) is 49.6. The maximum atomic E-state index is 13.1. The molecule has 0 aromatic carbocycles. The van der Waals surface area contributed by atoms with Crippen LogP contribution in [0.1, 0.15) is 335 Å². The Hall–Kier alpha value is -1.33. The van der Waals surface area contributed by atoms with Gasteiger partial charge in [-0.25, -0.2) is 0 Å². The molecule has 9 nitrogen and oxygen atoms in total. The molecule has 0 radical (unpaired) electrons. The number of aliphatic hydroxyl groups excluding tert-OH is 5. The Labute approximate surface area is 464 Å². The average Bonchev–Trinajstić information content (AvgIpc) is 3.41. The fourth-order valence-electron chi connectivity index (χ4n) is 10.8. The minimum atomic E-state index is -1.57. The summed E-state index contributed by atoms with van der Waals surface area (Å²) in [5, 5.41) is 54.5. The highest BCUT2D eigenvalue weighted by Gasteiger charge is 2.44. The van der Waals surface area contributed by atoms with Crippen LogP contribution in [0.2, 0.25) is 0 Å². The van der Waals surface area contributed by atoms with Gasteiger partial charge in [-0.3, -0.25) is 4.79 Å². The van der Waals surface area contributed by atoms with Crippen LogP contribution in [0.15, 0.2) is 24.3 Å². The number of hydrogen-bond acceptors (Lipinski definition) is 8. The largest absolute Gasteiger partial charge is 0.394 e. The van der Waals surface area contributed by atoms with E-state index in [1.165, 1.54) is 276 Å². The summed E-state index contributed by atoms with van der Waals surface area (Å²) in [6, 6.07) is -0.818. The summed E-state index contributed by atoms with van der Waals surface area (Å²) in [5.74, 6) is -0.180. The molecule has 1 aliphatic heterocycles. The number of ether oxygens (including phenoxy) is 2. The van der Waals surface area contributed by atoms with E-state index in [0.717, 1.165) is 38.5 Å². The van der Waals surface area contributed by atoms with Crippen molar-refractivity contribution in [2.75, 3.05) is 13.2 Å². The first kappa shape index (κ1) is 71.7. The summed E-state index contributed by atoms with van der Waals surface area (Å²) in [6.07, 6.45) is 65.9. The zero-order chi connectivity index (χ0) is 54.3. The molecule has 6 N–H and O–H groups in total. The van der Waals surface area contributed by atoms with Crippen molar-refractivity contribution in [1.29, 1.82) is 0 Å². The molecule has 9 heteroatoms. The van der Waals surface area contributed by atoms with Crippen LogP contribution in [0.4, 0.5) is 0 Å². The zero-order valence-electron chi connectivity index (χ0n) is 49.6. The van der Waals surface area contributed by atoms with E-state index in [0.29, 0.717) is 6.42 Å². The van der Waals surface area contributed by atoms with E-state index in [-0.39, 0.29) is 12.5 Å². The maximum absolute atomic E-state index is 13.1. The van der Waals surface area contributed by atoms with Gasteiger partial charge in [0, 0.05) is 6.42 Å². The van der Waals surface area contributed by atoms with Crippen LogP contribution in [0, 0.1) is 0 Å². The van der Waals surface area contributed by atoms with Gasteiger partial charge in [0.1, 0.15) is 24.4 Å². The Balaban J connectivity index is 2.03. The molecule has 0 aliphatic carbocycles. The normalized spacial score (nSPS) is 18.9. The smallest absolute Gasteiger partial charge is 0.220 e. The van der Waals surface area contributed by atoms with Gasteiger partial charge in [-0.1, -0.05) is 321 Å². The third kappa shape index (κ3) is 45.1. The molecule has 0 bridgehead atoms. The first-order valence-corrected chi connectivity index (χ1v) is 33.1. The predicted molar refractivity (Wildman–Crippen MR) is 318 cm³/mol. The second kappa shape index (κ2) is 56.0. The van der Waals surface area contributed by atoms with Crippen molar-refractivity contribution in [2.45, 2.75) is 378 Å². The number of aliphatic hydroxyl groups is 5. The van der Waals surface area contributed by atoms with E-state index in [1.54, 1.807) is 6.08 Å². The number of amides is 1. The highest BCUT2D eigenvalue weighted by molar-refractivity contribution is 5.76. The monoisotopic (exact) mass is 1060 g/mol. The van der Waals surface area contributed by atoms with Crippen LogP contribution >= 0.6 is 0 Å². The lowest BCUT2D eigenvalue weighted by molar-refractivity contribution is -0.302. The summed E-state index contributed by atoms with van der Waals surface area (Å²) in [6.45, 7) is 3.79. The summed E-state index contributed by atoms with van der Waals surface area (Å²) in [5.41, 5.74) is 0. The molecule has 0 saturated carbocycles. The molecule has 1 aliphatic rings. The van der Waals surface area contributed by atoms with Gasteiger partial charge in [-0.05, 0) is 32.1 Å². The summed E-state index contributed by atoms with van der Waals surface area (Å²) in [7, 11) is 0. The van der Waals surface area contributed by atoms with Crippen LogP contribution in [-0.2, 0) is 14.3 Å². The van der Waals surface area contributed by atoms with E-state index in [1.807, 2.05) is 6.08 Å². The summed E-state index contributed by atoms with van der Waals surface area (Å²) in [4.78, 5) is 13.1. The van der Waals surface area contributed by atoms with Gasteiger partial charge in [-0.2, -0.15) is 0 Å². The Bertz CT molecular complexity index is 1230. The first-order valence-electron chi connectivity index (χ1n) is 33.1. The van der Waals surface area contributed by atoms with E-state index >= 15 is 0 Å². The molecule has 1 amide bonds. The van der Waals surface area contributed by atoms with Crippen LogP contribution in [0.25, 0.3) is 0 Å². The standard InChI is InChI=1S/C66H127NO8/c1-3-5-7-9-11-13-15-17-19-20-21-22-23-24-25-26-27-28-29-30-31-32-33-34-35-36-37-38-39-40-41-42-44-46-48-50-52-54-56-62(70)67-59(58-74-66-65(73)64(72)63(71)61(57-68)75-66)60(69)55-53-51-49-47-45-43-18-16-14-12-10-8-6-4-2/h45,47,53,55,59-61,63-66,68-69,71-73H,3-44,46,48-52,54,56-58H2,1-2H3,(H,67,70)/b47-45+,55-53+. The maximum Gasteiger partial charge on any atom is 0.220 e. The molecule has 0 aromatic rings. The Morgan fingerprint density at radius 1 is 0.440 bits per heavy atom. The highest BCUT2D eigenvalue weighted by atomic mass is 16.7. The number of hydrogen-bond donors (Lipinski definition) is 6. The molecule has 0 spiro atoms. The molecular weight excluding hydrogens is 935 g/mol. The SMILES string of the molecule is CCCCCCCCCC/C=C/CC/C=C/C(O)C(COC1OC(CO)C(O)C(O)C1O)NC(=O)CCCCCCCCCCCCCCCCCCCCCCCCCCCCCCCCCCCCCCCC. The van der Waals surface area contributed by atoms with Gasteiger partial charge in [0.25, 0.3) is 0 Å². The number of carbonyl (C=O) groups is 1. The second-order valence-corrected chi connectivity index (χ2v) is 23.3. The van der Waals surface area contributed by atoms with Crippen molar-refractivity contribution in [3.63, 3.8) is 0 Å². The topological polar surface area (TPSA) is 149 Å². The first-order chi connectivity index (χ1) is 36.8. The molecule has 444 valence electrons.